The maximum Gasteiger partial charge on any atom is 0.434 e. The van der Waals surface area contributed by atoms with E-state index in [4.69, 9.17) is 11.6 Å². The van der Waals surface area contributed by atoms with Crippen molar-refractivity contribution in [2.24, 2.45) is 0 Å². The maximum atomic E-state index is 13.8. The molecule has 0 atom stereocenters. The van der Waals surface area contributed by atoms with Gasteiger partial charge in [-0.15, -0.1) is 0 Å². The lowest BCUT2D eigenvalue weighted by Crippen LogP contribution is -2.25. The lowest BCUT2D eigenvalue weighted by Gasteiger charge is -2.13. The predicted molar refractivity (Wildman–Crippen MR) is 108 cm³/mol. The van der Waals surface area contributed by atoms with Crippen LogP contribution >= 0.6 is 11.6 Å². The zero-order chi connectivity index (χ0) is 22.2. The number of rotatable bonds is 5. The normalized spacial score (nSPS) is 13.7. The van der Waals surface area contributed by atoms with E-state index >= 15 is 0 Å². The van der Waals surface area contributed by atoms with Crippen molar-refractivity contribution in [3.05, 3.63) is 76.6 Å². The molecule has 0 radical (unpaired) electrons. The van der Waals surface area contributed by atoms with Crippen LogP contribution in [0.25, 0.3) is 5.69 Å². The van der Waals surface area contributed by atoms with E-state index in [0.29, 0.717) is 10.2 Å². The van der Waals surface area contributed by atoms with Gasteiger partial charge in [-0.05, 0) is 55.3 Å². The molecule has 0 aliphatic heterocycles. The monoisotopic (exact) mass is 448 g/mol. The molecule has 6 nitrogen and oxygen atoms in total. The summed E-state index contributed by atoms with van der Waals surface area (Å²) in [6.45, 7) is 0. The molecule has 1 fully saturated rings. The standard InChI is InChI=1S/C21H16ClF3N4O2/c22-13-2-1-3-16(10-13)29-18(21(23,24)25)17(11-26-29)20(31)28-14-6-4-12(5-7-14)19(30)27-15-8-9-15/h1-7,10-11,15H,8-9H2,(H,27,30)(H,28,31). The SMILES string of the molecule is O=C(NC1CC1)c1ccc(NC(=O)c2cnn(-c3cccc(Cl)c3)c2C(F)(F)F)cc1. The molecule has 2 N–H and O–H groups in total. The summed E-state index contributed by atoms with van der Waals surface area (Å²) in [7, 11) is 0. The number of hydrogen-bond donors (Lipinski definition) is 2. The van der Waals surface area contributed by atoms with Gasteiger partial charge in [-0.3, -0.25) is 9.59 Å². The summed E-state index contributed by atoms with van der Waals surface area (Å²) in [5.74, 6) is -1.21. The fraction of sp³-hybridized carbons (Fsp3) is 0.190. The Morgan fingerprint density at radius 3 is 2.39 bits per heavy atom. The molecule has 1 aromatic heterocycles. The number of amides is 2. The summed E-state index contributed by atoms with van der Waals surface area (Å²) in [6.07, 6.45) is -2.08. The Kier molecular flexibility index (Phi) is 5.45. The van der Waals surface area contributed by atoms with Gasteiger partial charge in [0.15, 0.2) is 5.69 Å². The molecule has 4 rings (SSSR count). The number of carbonyl (C=O) groups excluding carboxylic acids is 2. The molecule has 1 aliphatic carbocycles. The van der Waals surface area contributed by atoms with Gasteiger partial charge in [0.2, 0.25) is 0 Å². The maximum absolute atomic E-state index is 13.8. The van der Waals surface area contributed by atoms with Crippen molar-refractivity contribution in [3.63, 3.8) is 0 Å². The van der Waals surface area contributed by atoms with Crippen LogP contribution in [0.4, 0.5) is 18.9 Å². The molecule has 160 valence electrons. The van der Waals surface area contributed by atoms with E-state index < -0.39 is 23.3 Å². The number of nitrogens with one attached hydrogen (secondary N) is 2. The van der Waals surface area contributed by atoms with Gasteiger partial charge >= 0.3 is 6.18 Å². The molecule has 1 saturated carbocycles. The second kappa shape index (κ2) is 8.07. The highest BCUT2D eigenvalue weighted by Gasteiger charge is 2.40. The molecule has 10 heteroatoms. The molecule has 2 amide bonds. The number of hydrogen-bond acceptors (Lipinski definition) is 3. The lowest BCUT2D eigenvalue weighted by atomic mass is 10.1. The molecule has 0 spiro atoms. The molecule has 0 bridgehead atoms. The van der Waals surface area contributed by atoms with Crippen LogP contribution in [0.5, 0.6) is 0 Å². The van der Waals surface area contributed by atoms with E-state index in [-0.39, 0.29) is 28.3 Å². The molecule has 1 heterocycles. The zero-order valence-corrected chi connectivity index (χ0v) is 16.7. The van der Waals surface area contributed by atoms with Crippen LogP contribution in [0.2, 0.25) is 5.02 Å². The van der Waals surface area contributed by atoms with Crippen LogP contribution < -0.4 is 10.6 Å². The number of alkyl halides is 3. The number of nitrogens with zero attached hydrogens (tertiary/aromatic N) is 2. The molecule has 3 aromatic rings. The van der Waals surface area contributed by atoms with Crippen molar-refractivity contribution in [1.29, 1.82) is 0 Å². The van der Waals surface area contributed by atoms with Gasteiger partial charge in [0, 0.05) is 22.3 Å². The first-order chi connectivity index (χ1) is 14.7. The third kappa shape index (κ3) is 4.72. The number of benzene rings is 2. The average molecular weight is 449 g/mol. The number of anilines is 1. The van der Waals surface area contributed by atoms with Crippen LogP contribution in [0.15, 0.2) is 54.7 Å². The largest absolute Gasteiger partial charge is 0.434 e. The van der Waals surface area contributed by atoms with Crippen LogP contribution in [0.1, 0.15) is 39.3 Å². The van der Waals surface area contributed by atoms with Crippen molar-refractivity contribution >= 4 is 29.1 Å². The van der Waals surface area contributed by atoms with E-state index in [1.807, 2.05) is 0 Å². The summed E-state index contributed by atoms with van der Waals surface area (Å²) in [5, 5.41) is 9.23. The van der Waals surface area contributed by atoms with Crippen LogP contribution in [0, 0.1) is 0 Å². The van der Waals surface area contributed by atoms with E-state index in [1.54, 1.807) is 0 Å². The Hall–Kier alpha value is -3.33. The van der Waals surface area contributed by atoms with Crippen molar-refractivity contribution in [2.45, 2.75) is 25.1 Å². The Labute approximate surface area is 180 Å². The summed E-state index contributed by atoms with van der Waals surface area (Å²) in [5.41, 5.74) is -1.13. The summed E-state index contributed by atoms with van der Waals surface area (Å²) >= 11 is 5.87. The fourth-order valence-corrected chi connectivity index (χ4v) is 3.18. The first-order valence-electron chi connectivity index (χ1n) is 9.36. The Morgan fingerprint density at radius 1 is 1.06 bits per heavy atom. The Morgan fingerprint density at radius 2 is 1.77 bits per heavy atom. The molecular weight excluding hydrogens is 433 g/mol. The highest BCUT2D eigenvalue weighted by atomic mass is 35.5. The summed E-state index contributed by atoms with van der Waals surface area (Å²) in [4.78, 5) is 24.6. The highest BCUT2D eigenvalue weighted by Crippen LogP contribution is 2.34. The zero-order valence-electron chi connectivity index (χ0n) is 15.9. The Balaban J connectivity index is 1.57. The lowest BCUT2D eigenvalue weighted by molar-refractivity contribution is -0.143. The smallest absolute Gasteiger partial charge is 0.349 e. The van der Waals surface area contributed by atoms with Gasteiger partial charge in [-0.25, -0.2) is 4.68 Å². The van der Waals surface area contributed by atoms with Crippen molar-refractivity contribution in [1.82, 2.24) is 15.1 Å². The second-order valence-corrected chi connectivity index (χ2v) is 7.51. The first-order valence-corrected chi connectivity index (χ1v) is 9.73. The van der Waals surface area contributed by atoms with Crippen LogP contribution in [-0.2, 0) is 6.18 Å². The molecule has 0 unspecified atom stereocenters. The van der Waals surface area contributed by atoms with E-state index in [0.717, 1.165) is 19.0 Å². The molecule has 1 aliphatic rings. The summed E-state index contributed by atoms with van der Waals surface area (Å²) in [6, 6.07) is 11.8. The molecule has 2 aromatic carbocycles. The van der Waals surface area contributed by atoms with Gasteiger partial charge in [-0.2, -0.15) is 18.3 Å². The molecular formula is C21H16ClF3N4O2. The van der Waals surface area contributed by atoms with Crippen molar-refractivity contribution < 1.29 is 22.8 Å². The van der Waals surface area contributed by atoms with Gasteiger partial charge in [0.05, 0.1) is 17.4 Å². The number of aromatic nitrogens is 2. The second-order valence-electron chi connectivity index (χ2n) is 7.08. The topological polar surface area (TPSA) is 76.0 Å². The van der Waals surface area contributed by atoms with Gasteiger partial charge < -0.3 is 10.6 Å². The Bertz CT molecular complexity index is 1140. The first kappa shape index (κ1) is 20.9. The van der Waals surface area contributed by atoms with E-state index in [1.165, 1.54) is 48.5 Å². The highest BCUT2D eigenvalue weighted by molar-refractivity contribution is 6.30. The average Bonchev–Trinajstić information content (AvgIpc) is 3.40. The fourth-order valence-electron chi connectivity index (χ4n) is 2.99. The minimum Gasteiger partial charge on any atom is -0.349 e. The van der Waals surface area contributed by atoms with Gasteiger partial charge in [0.1, 0.15) is 0 Å². The van der Waals surface area contributed by atoms with E-state index in [2.05, 4.69) is 15.7 Å². The third-order valence-electron chi connectivity index (χ3n) is 4.65. The number of carbonyl (C=O) groups is 2. The molecule has 31 heavy (non-hydrogen) atoms. The number of halogens is 4. The van der Waals surface area contributed by atoms with Crippen molar-refractivity contribution in [2.75, 3.05) is 5.32 Å². The van der Waals surface area contributed by atoms with E-state index in [9.17, 15) is 22.8 Å². The summed E-state index contributed by atoms with van der Waals surface area (Å²) < 4.78 is 41.9. The predicted octanol–water partition coefficient (Wildman–Crippen LogP) is 4.69. The van der Waals surface area contributed by atoms with Gasteiger partial charge in [-0.1, -0.05) is 17.7 Å². The van der Waals surface area contributed by atoms with Crippen molar-refractivity contribution in [3.8, 4) is 5.69 Å². The minimum absolute atomic E-state index is 0.0740. The third-order valence-corrected chi connectivity index (χ3v) is 4.89. The van der Waals surface area contributed by atoms with Crippen LogP contribution in [-0.4, -0.2) is 27.6 Å². The van der Waals surface area contributed by atoms with Gasteiger partial charge in [0.25, 0.3) is 11.8 Å². The van der Waals surface area contributed by atoms with Crippen LogP contribution in [0.3, 0.4) is 0 Å². The quantitative estimate of drug-likeness (QED) is 0.594. The molecule has 0 saturated heterocycles. The minimum atomic E-state index is -4.84.